The molecule has 0 heterocycles. The summed E-state index contributed by atoms with van der Waals surface area (Å²) < 4.78 is -0.841. The maximum Gasteiger partial charge on any atom is 0.225 e. The van der Waals surface area contributed by atoms with E-state index in [1.54, 1.807) is 0 Å². The predicted molar refractivity (Wildman–Crippen MR) is 46.6 cm³/mol. The minimum atomic E-state index is -0.841. The molecule has 4 heteroatoms. The van der Waals surface area contributed by atoms with Crippen LogP contribution in [0.5, 0.6) is 0 Å². The summed E-state index contributed by atoms with van der Waals surface area (Å²) in [6.07, 6.45) is 0.547. The molecule has 0 unspecified atom stereocenters. The van der Waals surface area contributed by atoms with Gasteiger partial charge in [-0.25, -0.2) is 0 Å². The number of hydrogen-bond donors (Lipinski definition) is 0. The van der Waals surface area contributed by atoms with E-state index in [0.29, 0.717) is 6.42 Å². The van der Waals surface area contributed by atoms with Crippen molar-refractivity contribution in [2.75, 3.05) is 0 Å². The lowest BCUT2D eigenvalue weighted by Gasteiger charge is -2.13. The van der Waals surface area contributed by atoms with Crippen LogP contribution in [-0.4, -0.2) is 14.8 Å². The molecule has 0 radical (unpaired) electrons. The minimum Gasteiger partial charge on any atom is -0.291 e. The quantitative estimate of drug-likeness (QED) is 0.582. The van der Waals surface area contributed by atoms with Gasteiger partial charge in [-0.2, -0.15) is 0 Å². The summed E-state index contributed by atoms with van der Waals surface area (Å²) in [6, 6.07) is 0. The monoisotopic (exact) mass is 270 g/mol. The van der Waals surface area contributed by atoms with Crippen LogP contribution in [0.25, 0.3) is 0 Å². The van der Waals surface area contributed by atoms with Crippen molar-refractivity contribution in [3.05, 3.63) is 0 Å². The maximum absolute atomic E-state index is 11.0. The zero-order valence-corrected chi connectivity index (χ0v) is 8.95. The number of rotatable bonds is 3. The molecule has 0 aliphatic rings. The van der Waals surface area contributed by atoms with Gasteiger partial charge in [0, 0.05) is 6.92 Å². The van der Waals surface area contributed by atoms with E-state index in [4.69, 9.17) is 0 Å². The highest BCUT2D eigenvalue weighted by Gasteiger charge is 2.32. The molecule has 0 aromatic rings. The summed E-state index contributed by atoms with van der Waals surface area (Å²) in [4.78, 5) is 21.5. The van der Waals surface area contributed by atoms with Gasteiger partial charge in [-0.05, 0) is 6.42 Å². The Morgan fingerprint density at radius 2 is 1.80 bits per heavy atom. The van der Waals surface area contributed by atoms with Gasteiger partial charge >= 0.3 is 0 Å². The third-order valence-electron chi connectivity index (χ3n) is 1.10. The molecule has 0 bridgehead atoms. The van der Waals surface area contributed by atoms with Crippen molar-refractivity contribution in [3.8, 4) is 0 Å². The van der Waals surface area contributed by atoms with Gasteiger partial charge in [-0.1, -0.05) is 38.8 Å². The summed E-state index contributed by atoms with van der Waals surface area (Å²) in [6.45, 7) is 3.07. The first-order valence-corrected chi connectivity index (χ1v) is 4.43. The van der Waals surface area contributed by atoms with Crippen LogP contribution in [0, 0.1) is 0 Å². The highest BCUT2D eigenvalue weighted by molar-refractivity contribution is 9.26. The van der Waals surface area contributed by atoms with Gasteiger partial charge in [0.2, 0.25) is 5.78 Å². The van der Waals surface area contributed by atoms with Gasteiger partial charge in [0.1, 0.15) is 3.23 Å². The van der Waals surface area contributed by atoms with E-state index in [0.717, 1.165) is 0 Å². The van der Waals surface area contributed by atoms with Crippen LogP contribution in [0.2, 0.25) is 0 Å². The van der Waals surface area contributed by atoms with E-state index in [9.17, 15) is 9.59 Å². The van der Waals surface area contributed by atoms with Gasteiger partial charge in [-0.3, -0.25) is 9.59 Å². The van der Waals surface area contributed by atoms with Crippen molar-refractivity contribution < 1.29 is 9.59 Å². The lowest BCUT2D eigenvalue weighted by Crippen LogP contribution is -2.29. The summed E-state index contributed by atoms with van der Waals surface area (Å²) in [5.41, 5.74) is 0. The van der Waals surface area contributed by atoms with Crippen molar-refractivity contribution >= 4 is 43.4 Å². The summed E-state index contributed by atoms with van der Waals surface area (Å²) in [7, 11) is 0. The Bertz CT molecular complexity index is 163. The molecule has 0 saturated carbocycles. The van der Waals surface area contributed by atoms with Gasteiger partial charge in [-0.15, -0.1) is 0 Å². The Labute approximate surface area is 76.6 Å². The van der Waals surface area contributed by atoms with E-state index < -0.39 is 14.8 Å². The standard InChI is InChI=1S/C6H8Br2O2/c1-3-6(7,8)5(10)4(2)9/h3H2,1-2H3. The molecule has 0 fully saturated rings. The summed E-state index contributed by atoms with van der Waals surface area (Å²) >= 11 is 6.19. The van der Waals surface area contributed by atoms with Crippen molar-refractivity contribution in [1.29, 1.82) is 0 Å². The van der Waals surface area contributed by atoms with Crippen LogP contribution >= 0.6 is 31.9 Å². The molecule has 58 valence electrons. The number of alkyl halides is 2. The number of halogens is 2. The number of ketones is 2. The van der Waals surface area contributed by atoms with E-state index in [1.807, 2.05) is 6.92 Å². The topological polar surface area (TPSA) is 34.1 Å². The van der Waals surface area contributed by atoms with Crippen LogP contribution < -0.4 is 0 Å². The largest absolute Gasteiger partial charge is 0.291 e. The molecule has 2 nitrogen and oxygen atoms in total. The Morgan fingerprint density at radius 3 is 1.90 bits per heavy atom. The van der Waals surface area contributed by atoms with Gasteiger partial charge in [0.05, 0.1) is 0 Å². The summed E-state index contributed by atoms with van der Waals surface area (Å²) in [5, 5.41) is 0. The molecule has 0 aromatic heterocycles. The number of Topliss-reactive ketones (excluding diaryl/α,β-unsaturated/α-hetero) is 2. The fourth-order valence-electron chi connectivity index (χ4n) is 0.418. The van der Waals surface area contributed by atoms with Gasteiger partial charge < -0.3 is 0 Å². The SMILES string of the molecule is CCC(Br)(Br)C(=O)C(C)=O. The number of hydrogen-bond acceptors (Lipinski definition) is 2. The lowest BCUT2D eigenvalue weighted by molar-refractivity contribution is -0.135. The predicted octanol–water partition coefficient (Wildman–Crippen LogP) is 2.04. The normalized spacial score (nSPS) is 11.2. The van der Waals surface area contributed by atoms with Crippen LogP contribution in [-0.2, 0) is 9.59 Å². The van der Waals surface area contributed by atoms with E-state index >= 15 is 0 Å². The molecule has 0 aliphatic carbocycles. The van der Waals surface area contributed by atoms with Crippen molar-refractivity contribution in [3.63, 3.8) is 0 Å². The third kappa shape index (κ3) is 2.50. The van der Waals surface area contributed by atoms with E-state index in [1.165, 1.54) is 6.92 Å². The fourth-order valence-corrected chi connectivity index (χ4v) is 0.976. The second-order valence-electron chi connectivity index (χ2n) is 1.94. The molecule has 0 aromatic carbocycles. The van der Waals surface area contributed by atoms with Crippen molar-refractivity contribution in [2.24, 2.45) is 0 Å². The van der Waals surface area contributed by atoms with Crippen LogP contribution in [0.1, 0.15) is 20.3 Å². The van der Waals surface area contributed by atoms with Crippen molar-refractivity contribution in [2.45, 2.75) is 23.5 Å². The van der Waals surface area contributed by atoms with Gasteiger partial charge in [0.15, 0.2) is 5.78 Å². The molecule has 0 amide bonds. The first-order valence-electron chi connectivity index (χ1n) is 2.85. The molecule has 0 spiro atoms. The van der Waals surface area contributed by atoms with Crippen LogP contribution in [0.4, 0.5) is 0 Å². The Balaban J connectivity index is 4.33. The van der Waals surface area contributed by atoms with E-state index in [2.05, 4.69) is 31.9 Å². The molecule has 0 saturated heterocycles. The zero-order chi connectivity index (χ0) is 8.36. The first-order chi connectivity index (χ1) is 4.41. The molecule has 0 rings (SSSR count). The first kappa shape index (κ1) is 10.3. The average molecular weight is 272 g/mol. The Hall–Kier alpha value is 0.300. The molecule has 10 heavy (non-hydrogen) atoms. The molecule has 0 atom stereocenters. The smallest absolute Gasteiger partial charge is 0.225 e. The Kier molecular flexibility index (Phi) is 3.73. The lowest BCUT2D eigenvalue weighted by atomic mass is 10.2. The second-order valence-corrected chi connectivity index (χ2v) is 5.71. The highest BCUT2D eigenvalue weighted by atomic mass is 79.9. The minimum absolute atomic E-state index is 0.435. The van der Waals surface area contributed by atoms with Crippen LogP contribution in [0.15, 0.2) is 0 Å². The average Bonchev–Trinajstić information content (AvgIpc) is 1.86. The molecular formula is C6H8Br2O2. The number of carbonyl (C=O) groups excluding carboxylic acids is 2. The molecular weight excluding hydrogens is 264 g/mol. The maximum atomic E-state index is 11.0. The molecule has 0 N–H and O–H groups in total. The van der Waals surface area contributed by atoms with Crippen molar-refractivity contribution in [1.82, 2.24) is 0 Å². The highest BCUT2D eigenvalue weighted by Crippen LogP contribution is 2.30. The third-order valence-corrected chi connectivity index (χ3v) is 2.94. The van der Waals surface area contributed by atoms with Crippen LogP contribution in [0.3, 0.4) is 0 Å². The summed E-state index contributed by atoms with van der Waals surface area (Å²) in [5.74, 6) is -0.870. The number of carbonyl (C=O) groups is 2. The second kappa shape index (κ2) is 3.62. The van der Waals surface area contributed by atoms with E-state index in [-0.39, 0.29) is 0 Å². The fraction of sp³-hybridized carbons (Fsp3) is 0.667. The zero-order valence-electron chi connectivity index (χ0n) is 5.78. The molecule has 0 aliphatic heterocycles. The Morgan fingerprint density at radius 1 is 1.40 bits per heavy atom. The van der Waals surface area contributed by atoms with Gasteiger partial charge in [0.25, 0.3) is 0 Å².